The van der Waals surface area contributed by atoms with Gasteiger partial charge in [-0.15, -0.1) is 0 Å². The van der Waals surface area contributed by atoms with Gasteiger partial charge in [-0.25, -0.2) is 4.98 Å². The minimum atomic E-state index is -0.877. The summed E-state index contributed by atoms with van der Waals surface area (Å²) in [6.07, 6.45) is 8.76. The van der Waals surface area contributed by atoms with Crippen LogP contribution in [0.5, 0.6) is 0 Å². The predicted molar refractivity (Wildman–Crippen MR) is 75.1 cm³/mol. The topological polar surface area (TPSA) is 95.1 Å². The van der Waals surface area contributed by atoms with Crippen molar-refractivity contribution in [3.63, 3.8) is 0 Å². The van der Waals surface area contributed by atoms with E-state index in [0.29, 0.717) is 12.2 Å². The van der Waals surface area contributed by atoms with Crippen molar-refractivity contribution in [2.75, 3.05) is 0 Å². The molecule has 21 heavy (non-hydrogen) atoms. The summed E-state index contributed by atoms with van der Waals surface area (Å²) in [5.41, 5.74) is 0. The molecule has 0 radical (unpaired) electrons. The van der Waals surface area contributed by atoms with E-state index in [0.717, 1.165) is 6.42 Å². The maximum absolute atomic E-state index is 12.6. The van der Waals surface area contributed by atoms with E-state index < -0.39 is 17.8 Å². The van der Waals surface area contributed by atoms with Crippen molar-refractivity contribution in [1.82, 2.24) is 15.3 Å². The summed E-state index contributed by atoms with van der Waals surface area (Å²) >= 11 is 0. The number of aromatic nitrogens is 2. The normalized spacial score (nSPS) is 31.3. The summed E-state index contributed by atoms with van der Waals surface area (Å²) in [7, 11) is 0. The Labute approximate surface area is 122 Å². The fraction of sp³-hybridized carbons (Fsp3) is 0.533. The van der Waals surface area contributed by atoms with Crippen molar-refractivity contribution in [3.8, 4) is 0 Å². The van der Waals surface area contributed by atoms with Crippen LogP contribution in [0.25, 0.3) is 0 Å². The SMILES string of the molecule is CCC(NC(=O)[C@H]1C2C=CC(C2)[C@H]1C(=O)O)c1ncc[nH]1. The Morgan fingerprint density at radius 3 is 2.71 bits per heavy atom. The lowest BCUT2D eigenvalue weighted by Gasteiger charge is -2.26. The van der Waals surface area contributed by atoms with Gasteiger partial charge in [-0.1, -0.05) is 19.1 Å². The largest absolute Gasteiger partial charge is 0.481 e. The number of nitrogens with zero attached hydrogens (tertiary/aromatic N) is 1. The van der Waals surface area contributed by atoms with Gasteiger partial charge in [-0.3, -0.25) is 9.59 Å². The van der Waals surface area contributed by atoms with Gasteiger partial charge in [0.1, 0.15) is 5.82 Å². The minimum absolute atomic E-state index is 0.00746. The quantitative estimate of drug-likeness (QED) is 0.716. The van der Waals surface area contributed by atoms with Crippen LogP contribution < -0.4 is 5.32 Å². The van der Waals surface area contributed by atoms with Crippen LogP contribution >= 0.6 is 0 Å². The Kier molecular flexibility index (Phi) is 3.53. The number of allylic oxidation sites excluding steroid dienone is 2. The molecule has 0 aliphatic heterocycles. The third kappa shape index (κ3) is 2.34. The second kappa shape index (κ2) is 5.35. The first-order valence-electron chi connectivity index (χ1n) is 7.32. The molecule has 1 aromatic rings. The third-order valence-corrected chi connectivity index (χ3v) is 4.62. The van der Waals surface area contributed by atoms with E-state index in [1.54, 1.807) is 12.4 Å². The number of nitrogens with one attached hydrogen (secondary N) is 2. The zero-order valence-corrected chi connectivity index (χ0v) is 11.8. The van der Waals surface area contributed by atoms with E-state index in [1.807, 2.05) is 19.1 Å². The molecule has 1 heterocycles. The van der Waals surface area contributed by atoms with Crippen molar-refractivity contribution in [2.24, 2.45) is 23.7 Å². The first kappa shape index (κ1) is 13.9. The highest BCUT2D eigenvalue weighted by atomic mass is 16.4. The number of H-pyrrole nitrogens is 1. The standard InChI is InChI=1S/C15H19N3O3/c1-2-10(13-16-5-6-17-13)18-14(19)11-8-3-4-9(7-8)12(11)15(20)21/h3-6,8-12H,2,7H2,1H3,(H,16,17)(H,18,19)(H,20,21)/t8?,9?,10?,11-,12+/m0/s1. The summed E-state index contributed by atoms with van der Waals surface area (Å²) < 4.78 is 0. The van der Waals surface area contributed by atoms with Crippen LogP contribution in [0.15, 0.2) is 24.5 Å². The number of amides is 1. The van der Waals surface area contributed by atoms with Gasteiger partial charge in [0.05, 0.1) is 17.9 Å². The highest BCUT2D eigenvalue weighted by Gasteiger charge is 2.51. The Bertz CT molecular complexity index is 567. The lowest BCUT2D eigenvalue weighted by atomic mass is 9.82. The van der Waals surface area contributed by atoms with Gasteiger partial charge in [-0.05, 0) is 24.7 Å². The van der Waals surface area contributed by atoms with Gasteiger partial charge in [0, 0.05) is 12.4 Å². The molecule has 2 aliphatic carbocycles. The molecule has 3 rings (SSSR count). The van der Waals surface area contributed by atoms with Gasteiger partial charge in [0.2, 0.25) is 5.91 Å². The molecule has 1 fully saturated rings. The number of carboxylic acids is 1. The van der Waals surface area contributed by atoms with Crippen molar-refractivity contribution < 1.29 is 14.7 Å². The highest BCUT2D eigenvalue weighted by Crippen LogP contribution is 2.48. The van der Waals surface area contributed by atoms with Gasteiger partial charge >= 0.3 is 5.97 Å². The maximum atomic E-state index is 12.6. The molecule has 2 aliphatic rings. The number of carbonyl (C=O) groups is 2. The average molecular weight is 289 g/mol. The van der Waals surface area contributed by atoms with E-state index in [4.69, 9.17) is 0 Å². The molecule has 6 heteroatoms. The predicted octanol–water partition coefficient (Wildman–Crippen LogP) is 1.50. The Morgan fingerprint density at radius 2 is 2.14 bits per heavy atom. The Balaban J connectivity index is 1.75. The van der Waals surface area contributed by atoms with E-state index in [2.05, 4.69) is 15.3 Å². The van der Waals surface area contributed by atoms with Crippen LogP contribution in [0, 0.1) is 23.7 Å². The number of hydrogen-bond acceptors (Lipinski definition) is 3. The van der Waals surface area contributed by atoms with Crippen molar-refractivity contribution >= 4 is 11.9 Å². The van der Waals surface area contributed by atoms with Crippen molar-refractivity contribution in [1.29, 1.82) is 0 Å². The number of imidazole rings is 1. The fourth-order valence-corrected chi connectivity index (χ4v) is 3.62. The Hall–Kier alpha value is -2.11. The van der Waals surface area contributed by atoms with Crippen LogP contribution in [0.2, 0.25) is 0 Å². The molecular formula is C15H19N3O3. The lowest BCUT2D eigenvalue weighted by Crippen LogP contribution is -2.41. The molecule has 3 unspecified atom stereocenters. The summed E-state index contributed by atoms with van der Waals surface area (Å²) in [5.74, 6) is -1.38. The molecule has 0 spiro atoms. The maximum Gasteiger partial charge on any atom is 0.307 e. The van der Waals surface area contributed by atoms with Crippen LogP contribution in [0.3, 0.4) is 0 Å². The van der Waals surface area contributed by atoms with Gasteiger partial charge in [0.15, 0.2) is 0 Å². The monoisotopic (exact) mass is 289 g/mol. The molecule has 2 bridgehead atoms. The van der Waals surface area contributed by atoms with Crippen LogP contribution in [-0.4, -0.2) is 27.0 Å². The number of carbonyl (C=O) groups excluding carboxylic acids is 1. The van der Waals surface area contributed by atoms with E-state index in [9.17, 15) is 14.7 Å². The third-order valence-electron chi connectivity index (χ3n) is 4.62. The zero-order chi connectivity index (χ0) is 15.0. The van der Waals surface area contributed by atoms with Crippen LogP contribution in [0.1, 0.15) is 31.6 Å². The first-order chi connectivity index (χ1) is 10.1. The van der Waals surface area contributed by atoms with Gasteiger partial charge in [0.25, 0.3) is 0 Å². The number of hydrogen-bond donors (Lipinski definition) is 3. The number of aliphatic carboxylic acids is 1. The molecule has 1 saturated carbocycles. The molecular weight excluding hydrogens is 270 g/mol. The summed E-state index contributed by atoms with van der Waals surface area (Å²) in [4.78, 5) is 31.2. The summed E-state index contributed by atoms with van der Waals surface area (Å²) in [5, 5.41) is 12.3. The van der Waals surface area contributed by atoms with E-state index >= 15 is 0 Å². The van der Waals surface area contributed by atoms with Crippen molar-refractivity contribution in [2.45, 2.75) is 25.8 Å². The second-order valence-electron chi connectivity index (χ2n) is 5.78. The lowest BCUT2D eigenvalue weighted by molar-refractivity contribution is -0.148. The summed E-state index contributed by atoms with van der Waals surface area (Å²) in [6.45, 7) is 1.96. The van der Waals surface area contributed by atoms with Crippen LogP contribution in [0.4, 0.5) is 0 Å². The molecule has 5 atom stereocenters. The molecule has 1 aromatic heterocycles. The molecule has 112 valence electrons. The fourth-order valence-electron chi connectivity index (χ4n) is 3.62. The Morgan fingerprint density at radius 1 is 1.43 bits per heavy atom. The van der Waals surface area contributed by atoms with Crippen molar-refractivity contribution in [3.05, 3.63) is 30.4 Å². The molecule has 6 nitrogen and oxygen atoms in total. The van der Waals surface area contributed by atoms with E-state index in [1.165, 1.54) is 0 Å². The highest BCUT2D eigenvalue weighted by molar-refractivity contribution is 5.87. The van der Waals surface area contributed by atoms with E-state index in [-0.39, 0.29) is 23.8 Å². The minimum Gasteiger partial charge on any atom is -0.481 e. The number of carboxylic acid groups (broad SMARTS) is 1. The zero-order valence-electron chi connectivity index (χ0n) is 11.8. The molecule has 3 N–H and O–H groups in total. The first-order valence-corrected chi connectivity index (χ1v) is 7.32. The van der Waals surface area contributed by atoms with Gasteiger partial charge in [-0.2, -0.15) is 0 Å². The molecule has 0 aromatic carbocycles. The van der Waals surface area contributed by atoms with Crippen LogP contribution in [-0.2, 0) is 9.59 Å². The number of aromatic amines is 1. The smallest absolute Gasteiger partial charge is 0.307 e. The number of rotatable bonds is 5. The molecule has 1 amide bonds. The second-order valence-corrected chi connectivity index (χ2v) is 5.78. The number of fused-ring (bicyclic) bond motifs is 2. The molecule has 0 saturated heterocycles. The van der Waals surface area contributed by atoms with Gasteiger partial charge < -0.3 is 15.4 Å². The summed E-state index contributed by atoms with van der Waals surface area (Å²) in [6, 6.07) is -0.204. The average Bonchev–Trinajstić information content (AvgIpc) is 3.18.